The Morgan fingerprint density at radius 1 is 1.41 bits per heavy atom. The lowest BCUT2D eigenvalue weighted by Crippen LogP contribution is -2.46. The minimum Gasteiger partial charge on any atom is -0.377 e. The average Bonchev–Trinajstić information content (AvgIpc) is 2.90. The molecule has 1 aliphatic rings. The van der Waals surface area contributed by atoms with Crippen molar-refractivity contribution < 1.29 is 13.2 Å². The van der Waals surface area contributed by atoms with E-state index >= 15 is 0 Å². The molecule has 0 amide bonds. The van der Waals surface area contributed by atoms with Crippen molar-refractivity contribution in [1.82, 2.24) is 14.9 Å². The van der Waals surface area contributed by atoms with Gasteiger partial charge >= 0.3 is 0 Å². The van der Waals surface area contributed by atoms with Crippen LogP contribution in [0.25, 0.3) is 0 Å². The molecule has 1 fully saturated rings. The van der Waals surface area contributed by atoms with Gasteiger partial charge in [-0.15, -0.1) is 0 Å². The van der Waals surface area contributed by atoms with Crippen molar-refractivity contribution >= 4 is 16.0 Å². The number of nitrogens with one attached hydrogen (secondary N) is 2. The molecule has 8 heteroatoms. The summed E-state index contributed by atoms with van der Waals surface area (Å²) in [5.41, 5.74) is -0.325. The molecule has 1 saturated heterocycles. The first-order chi connectivity index (χ1) is 10.2. The van der Waals surface area contributed by atoms with E-state index < -0.39 is 10.0 Å². The molecule has 1 aliphatic heterocycles. The number of methoxy groups -OCH3 is 1. The first-order valence-electron chi connectivity index (χ1n) is 7.74. The molecule has 7 nitrogen and oxygen atoms in total. The number of hydrogen-bond acceptors (Lipinski definition) is 4. The molecule has 0 radical (unpaired) electrons. The van der Waals surface area contributed by atoms with Crippen molar-refractivity contribution in [3.8, 4) is 0 Å². The number of nitrogens with zero attached hydrogens (tertiary/aromatic N) is 2. The maximum atomic E-state index is 11.7. The van der Waals surface area contributed by atoms with E-state index in [2.05, 4.69) is 15.6 Å². The molecule has 0 bridgehead atoms. The molecule has 1 heterocycles. The van der Waals surface area contributed by atoms with Gasteiger partial charge in [0.25, 0.3) is 0 Å². The summed E-state index contributed by atoms with van der Waals surface area (Å²) >= 11 is 0. The number of aliphatic imine (C=N–C) groups is 1. The van der Waals surface area contributed by atoms with Crippen LogP contribution in [0.1, 0.15) is 33.6 Å². The largest absolute Gasteiger partial charge is 0.377 e. The van der Waals surface area contributed by atoms with Crippen molar-refractivity contribution in [3.63, 3.8) is 0 Å². The van der Waals surface area contributed by atoms with E-state index in [4.69, 9.17) is 4.74 Å². The summed E-state index contributed by atoms with van der Waals surface area (Å²) in [7, 11) is -1.47. The summed E-state index contributed by atoms with van der Waals surface area (Å²) < 4.78 is 30.4. The molecule has 0 spiro atoms. The van der Waals surface area contributed by atoms with Crippen molar-refractivity contribution in [1.29, 1.82) is 0 Å². The lowest BCUT2D eigenvalue weighted by atomic mass is 10.1. The third-order valence-electron chi connectivity index (χ3n) is 3.77. The highest BCUT2D eigenvalue weighted by Crippen LogP contribution is 2.19. The quantitative estimate of drug-likeness (QED) is 0.520. The summed E-state index contributed by atoms with van der Waals surface area (Å²) in [5.74, 6) is 0.688. The molecule has 1 atom stereocenters. The first kappa shape index (κ1) is 19.2. The summed E-state index contributed by atoms with van der Waals surface area (Å²) in [6.45, 7) is 8.39. The maximum absolute atomic E-state index is 11.7. The Hall–Kier alpha value is -0.860. The summed E-state index contributed by atoms with van der Waals surface area (Å²) in [6.07, 6.45) is 3.05. The van der Waals surface area contributed by atoms with Gasteiger partial charge in [0.2, 0.25) is 10.0 Å². The van der Waals surface area contributed by atoms with Gasteiger partial charge in [0, 0.05) is 32.8 Å². The lowest BCUT2D eigenvalue weighted by molar-refractivity contribution is 0.0310. The van der Waals surface area contributed by atoms with E-state index in [-0.39, 0.29) is 11.6 Å². The number of guanidine groups is 1. The summed E-state index contributed by atoms with van der Waals surface area (Å²) in [5, 5.41) is 6.41. The second-order valence-electron chi connectivity index (χ2n) is 6.21. The van der Waals surface area contributed by atoms with Crippen LogP contribution >= 0.6 is 0 Å². The molecule has 2 N–H and O–H groups in total. The van der Waals surface area contributed by atoms with E-state index in [0.29, 0.717) is 25.6 Å². The number of ether oxygens (including phenoxy) is 1. The van der Waals surface area contributed by atoms with E-state index in [9.17, 15) is 8.42 Å². The second-order valence-corrected chi connectivity index (χ2v) is 8.14. The van der Waals surface area contributed by atoms with Crippen LogP contribution in [-0.2, 0) is 14.8 Å². The Morgan fingerprint density at radius 2 is 2.09 bits per heavy atom. The summed E-state index contributed by atoms with van der Waals surface area (Å²) in [6, 6.07) is -0.00529. The SMILES string of the molecule is CCNC(=NCC(C)(C)OC)NC[C@H]1CCCN1S(C)(=O)=O. The van der Waals surface area contributed by atoms with Gasteiger partial charge in [-0.3, -0.25) is 4.99 Å². The topological polar surface area (TPSA) is 83.0 Å². The zero-order valence-electron chi connectivity index (χ0n) is 14.3. The molecule has 0 aliphatic carbocycles. The number of hydrogen-bond donors (Lipinski definition) is 2. The van der Waals surface area contributed by atoms with Gasteiger partial charge in [0.05, 0.1) is 18.4 Å². The first-order valence-corrected chi connectivity index (χ1v) is 9.58. The highest BCUT2D eigenvalue weighted by molar-refractivity contribution is 7.88. The van der Waals surface area contributed by atoms with Crippen LogP contribution < -0.4 is 10.6 Å². The predicted octanol–water partition coefficient (Wildman–Crippen LogP) is 0.391. The molecule has 22 heavy (non-hydrogen) atoms. The van der Waals surface area contributed by atoms with Gasteiger partial charge in [0.15, 0.2) is 5.96 Å². The monoisotopic (exact) mass is 334 g/mol. The average molecular weight is 334 g/mol. The molecule has 130 valence electrons. The fourth-order valence-corrected chi connectivity index (χ4v) is 3.52. The minimum absolute atomic E-state index is 0.00529. The fraction of sp³-hybridized carbons (Fsp3) is 0.929. The van der Waals surface area contributed by atoms with Crippen molar-refractivity contribution in [2.45, 2.75) is 45.3 Å². The van der Waals surface area contributed by atoms with Crippen molar-refractivity contribution in [2.75, 3.05) is 39.5 Å². The molecule has 0 saturated carbocycles. The molecule has 0 unspecified atom stereocenters. The lowest BCUT2D eigenvalue weighted by Gasteiger charge is -2.24. The highest BCUT2D eigenvalue weighted by atomic mass is 32.2. The van der Waals surface area contributed by atoms with Gasteiger partial charge in [-0.05, 0) is 33.6 Å². The van der Waals surface area contributed by atoms with Crippen LogP contribution in [-0.4, -0.2) is 69.9 Å². The highest BCUT2D eigenvalue weighted by Gasteiger charge is 2.31. The minimum atomic E-state index is -3.14. The van der Waals surface area contributed by atoms with Crippen LogP contribution in [0.5, 0.6) is 0 Å². The molecular formula is C14H30N4O3S. The van der Waals surface area contributed by atoms with Gasteiger partial charge in [-0.2, -0.15) is 4.31 Å². The van der Waals surface area contributed by atoms with Gasteiger partial charge in [0.1, 0.15) is 0 Å². The molecule has 1 rings (SSSR count). The molecular weight excluding hydrogens is 304 g/mol. The Kier molecular flexibility index (Phi) is 7.08. The Bertz CT molecular complexity index is 476. The van der Waals surface area contributed by atoms with Crippen LogP contribution in [0.15, 0.2) is 4.99 Å². The van der Waals surface area contributed by atoms with E-state index in [1.807, 2.05) is 20.8 Å². The van der Waals surface area contributed by atoms with E-state index in [1.54, 1.807) is 11.4 Å². The van der Waals surface area contributed by atoms with Crippen LogP contribution in [0.2, 0.25) is 0 Å². The fourth-order valence-electron chi connectivity index (χ4n) is 2.34. The van der Waals surface area contributed by atoms with Crippen LogP contribution in [0, 0.1) is 0 Å². The Morgan fingerprint density at radius 3 is 2.64 bits per heavy atom. The van der Waals surface area contributed by atoms with Crippen molar-refractivity contribution in [3.05, 3.63) is 0 Å². The van der Waals surface area contributed by atoms with Gasteiger partial charge < -0.3 is 15.4 Å². The zero-order chi connectivity index (χ0) is 16.8. The Balaban J connectivity index is 2.62. The van der Waals surface area contributed by atoms with E-state index in [0.717, 1.165) is 19.4 Å². The molecule has 0 aromatic carbocycles. The Labute approximate surface area is 134 Å². The third-order valence-corrected chi connectivity index (χ3v) is 5.10. The zero-order valence-corrected chi connectivity index (χ0v) is 15.2. The van der Waals surface area contributed by atoms with Gasteiger partial charge in [-0.1, -0.05) is 0 Å². The molecule has 0 aromatic rings. The van der Waals surface area contributed by atoms with Crippen LogP contribution in [0.3, 0.4) is 0 Å². The normalized spacial score (nSPS) is 21.1. The van der Waals surface area contributed by atoms with Crippen molar-refractivity contribution in [2.24, 2.45) is 4.99 Å². The maximum Gasteiger partial charge on any atom is 0.211 e. The molecule has 0 aromatic heterocycles. The predicted molar refractivity (Wildman–Crippen MR) is 89.6 cm³/mol. The third kappa shape index (κ3) is 6.10. The standard InChI is InChI=1S/C14H30N4O3S/c1-6-15-13(17-11-14(2,3)21-4)16-10-12-8-7-9-18(12)22(5,19)20/h12H,6-11H2,1-5H3,(H2,15,16,17)/t12-/m1/s1. The van der Waals surface area contributed by atoms with Crippen LogP contribution in [0.4, 0.5) is 0 Å². The second kappa shape index (κ2) is 8.12. The number of rotatable bonds is 7. The van der Waals surface area contributed by atoms with E-state index in [1.165, 1.54) is 6.26 Å². The summed E-state index contributed by atoms with van der Waals surface area (Å²) in [4.78, 5) is 4.51. The number of sulfonamides is 1. The van der Waals surface area contributed by atoms with Gasteiger partial charge in [-0.25, -0.2) is 8.42 Å². The smallest absolute Gasteiger partial charge is 0.211 e.